The third kappa shape index (κ3) is 18.0. The molecule has 1 heteroatoms. The summed E-state index contributed by atoms with van der Waals surface area (Å²) in [6.45, 7) is 10.9. The lowest BCUT2D eigenvalue weighted by atomic mass is 9.94. The normalized spacial score (nSPS) is 16.0. The average Bonchev–Trinajstić information content (AvgIpc) is 2.45. The van der Waals surface area contributed by atoms with Crippen molar-refractivity contribution in [1.29, 1.82) is 0 Å². The first-order valence-corrected chi connectivity index (χ1v) is 3.64. The van der Waals surface area contributed by atoms with Crippen LogP contribution in [-0.2, 0) is 4.74 Å². The van der Waals surface area contributed by atoms with Crippen molar-refractivity contribution >= 4 is 0 Å². The maximum atomic E-state index is 4.50. The van der Waals surface area contributed by atoms with Gasteiger partial charge in [0.2, 0.25) is 0 Å². The monoisotopic (exact) mass is 130 g/mol. The Hall–Kier alpha value is -0.0400. The van der Waals surface area contributed by atoms with Crippen molar-refractivity contribution in [3.63, 3.8) is 0 Å². The van der Waals surface area contributed by atoms with Crippen molar-refractivity contribution in [3.05, 3.63) is 0 Å². The van der Waals surface area contributed by atoms with Gasteiger partial charge in [0.15, 0.2) is 0 Å². The lowest BCUT2D eigenvalue weighted by Crippen LogP contribution is -2.00. The lowest BCUT2D eigenvalue weighted by Gasteiger charge is -2.12. The Bertz CT molecular complexity index is 56.7. The van der Waals surface area contributed by atoms with Crippen LogP contribution in [0.4, 0.5) is 0 Å². The Morgan fingerprint density at radius 2 is 1.44 bits per heavy atom. The SMILES string of the molecule is C1CO1.CCC(C)(C)C. The quantitative estimate of drug-likeness (QED) is 0.459. The molecule has 1 saturated heterocycles. The Kier molecular flexibility index (Phi) is 3.87. The molecule has 1 fully saturated rings. The van der Waals surface area contributed by atoms with E-state index < -0.39 is 0 Å². The van der Waals surface area contributed by atoms with Crippen LogP contribution in [-0.4, -0.2) is 13.2 Å². The van der Waals surface area contributed by atoms with Gasteiger partial charge in [0.25, 0.3) is 0 Å². The van der Waals surface area contributed by atoms with Crippen molar-refractivity contribution in [3.8, 4) is 0 Å². The number of ether oxygens (including phenoxy) is 1. The molecule has 0 bridgehead atoms. The van der Waals surface area contributed by atoms with E-state index in [0.717, 1.165) is 13.2 Å². The minimum atomic E-state index is 0.542. The first-order valence-electron chi connectivity index (χ1n) is 3.64. The van der Waals surface area contributed by atoms with Gasteiger partial charge in [-0.1, -0.05) is 34.1 Å². The van der Waals surface area contributed by atoms with Crippen LogP contribution in [0.25, 0.3) is 0 Å². The number of hydrogen-bond donors (Lipinski definition) is 0. The molecular formula is C8H18O. The first-order chi connectivity index (χ1) is 4.06. The molecule has 1 aliphatic heterocycles. The summed E-state index contributed by atoms with van der Waals surface area (Å²) >= 11 is 0. The number of epoxide rings is 1. The van der Waals surface area contributed by atoms with Gasteiger partial charge >= 0.3 is 0 Å². The van der Waals surface area contributed by atoms with Crippen LogP contribution in [0, 0.1) is 5.41 Å². The molecule has 0 spiro atoms. The fraction of sp³-hybridized carbons (Fsp3) is 1.00. The summed E-state index contributed by atoms with van der Waals surface area (Å²) in [6.07, 6.45) is 1.27. The van der Waals surface area contributed by atoms with Gasteiger partial charge < -0.3 is 4.74 Å². The van der Waals surface area contributed by atoms with E-state index in [2.05, 4.69) is 32.4 Å². The van der Waals surface area contributed by atoms with Crippen molar-refractivity contribution < 1.29 is 4.74 Å². The van der Waals surface area contributed by atoms with Crippen molar-refractivity contribution in [2.75, 3.05) is 13.2 Å². The molecule has 56 valence electrons. The highest BCUT2D eigenvalue weighted by Gasteiger charge is 2.03. The second-order valence-electron chi connectivity index (χ2n) is 3.53. The van der Waals surface area contributed by atoms with E-state index in [4.69, 9.17) is 0 Å². The van der Waals surface area contributed by atoms with Gasteiger partial charge in [-0.05, 0) is 5.41 Å². The predicted octanol–water partition coefficient (Wildman–Crippen LogP) is 2.46. The highest BCUT2D eigenvalue weighted by molar-refractivity contribution is 4.55. The summed E-state index contributed by atoms with van der Waals surface area (Å²) in [7, 11) is 0. The molecule has 1 nitrogen and oxygen atoms in total. The third-order valence-electron chi connectivity index (χ3n) is 1.26. The highest BCUT2D eigenvalue weighted by Crippen LogP contribution is 2.16. The van der Waals surface area contributed by atoms with Gasteiger partial charge in [-0.25, -0.2) is 0 Å². The zero-order valence-corrected chi connectivity index (χ0v) is 7.03. The summed E-state index contributed by atoms with van der Waals surface area (Å²) in [5.74, 6) is 0. The molecule has 1 rings (SSSR count). The predicted molar refractivity (Wildman–Crippen MR) is 40.6 cm³/mol. The van der Waals surface area contributed by atoms with E-state index >= 15 is 0 Å². The number of rotatable bonds is 0. The largest absolute Gasteiger partial charge is 0.377 e. The molecule has 9 heavy (non-hydrogen) atoms. The molecule has 0 N–H and O–H groups in total. The molecule has 1 aliphatic rings. The molecule has 0 radical (unpaired) electrons. The molecule has 0 amide bonds. The van der Waals surface area contributed by atoms with Crippen LogP contribution in [0.3, 0.4) is 0 Å². The Morgan fingerprint density at radius 1 is 1.22 bits per heavy atom. The molecule has 0 saturated carbocycles. The maximum absolute atomic E-state index is 4.50. The minimum Gasteiger partial charge on any atom is -0.377 e. The topological polar surface area (TPSA) is 12.5 Å². The molecule has 0 aromatic heterocycles. The van der Waals surface area contributed by atoms with E-state index in [0.29, 0.717) is 5.41 Å². The van der Waals surface area contributed by atoms with Gasteiger partial charge in [0, 0.05) is 0 Å². The van der Waals surface area contributed by atoms with Crippen LogP contribution in [0.15, 0.2) is 0 Å². The van der Waals surface area contributed by atoms with Crippen LogP contribution >= 0.6 is 0 Å². The Balaban J connectivity index is 0.000000173. The highest BCUT2D eigenvalue weighted by atomic mass is 16.6. The van der Waals surface area contributed by atoms with E-state index in [-0.39, 0.29) is 0 Å². The second kappa shape index (κ2) is 3.89. The van der Waals surface area contributed by atoms with E-state index in [1.54, 1.807) is 0 Å². The van der Waals surface area contributed by atoms with E-state index in [9.17, 15) is 0 Å². The summed E-state index contributed by atoms with van der Waals surface area (Å²) in [5.41, 5.74) is 0.542. The summed E-state index contributed by atoms with van der Waals surface area (Å²) in [6, 6.07) is 0. The Morgan fingerprint density at radius 3 is 1.44 bits per heavy atom. The van der Waals surface area contributed by atoms with Gasteiger partial charge in [-0.2, -0.15) is 0 Å². The molecular weight excluding hydrogens is 112 g/mol. The van der Waals surface area contributed by atoms with Gasteiger partial charge in [0.05, 0.1) is 13.2 Å². The van der Waals surface area contributed by atoms with Crippen LogP contribution in [0.1, 0.15) is 34.1 Å². The molecule has 0 aliphatic carbocycles. The zero-order chi connectivity index (χ0) is 7.33. The molecule has 0 unspecified atom stereocenters. The molecule has 0 aromatic rings. The summed E-state index contributed by atoms with van der Waals surface area (Å²) in [4.78, 5) is 0. The maximum Gasteiger partial charge on any atom is 0.0701 e. The molecule has 0 aromatic carbocycles. The van der Waals surface area contributed by atoms with Crippen LogP contribution in [0.2, 0.25) is 0 Å². The Labute approximate surface area is 58.4 Å². The van der Waals surface area contributed by atoms with Crippen LogP contribution < -0.4 is 0 Å². The van der Waals surface area contributed by atoms with Crippen LogP contribution in [0.5, 0.6) is 0 Å². The van der Waals surface area contributed by atoms with E-state index in [1.807, 2.05) is 0 Å². The minimum absolute atomic E-state index is 0.542. The zero-order valence-electron chi connectivity index (χ0n) is 7.03. The van der Waals surface area contributed by atoms with Crippen molar-refractivity contribution in [2.24, 2.45) is 5.41 Å². The molecule has 1 heterocycles. The lowest BCUT2D eigenvalue weighted by molar-refractivity contribution is 0.398. The average molecular weight is 130 g/mol. The summed E-state index contributed by atoms with van der Waals surface area (Å²) in [5, 5.41) is 0. The van der Waals surface area contributed by atoms with Gasteiger partial charge in [-0.3, -0.25) is 0 Å². The van der Waals surface area contributed by atoms with Crippen molar-refractivity contribution in [2.45, 2.75) is 34.1 Å². The smallest absolute Gasteiger partial charge is 0.0701 e. The van der Waals surface area contributed by atoms with E-state index in [1.165, 1.54) is 6.42 Å². The summed E-state index contributed by atoms with van der Waals surface area (Å²) < 4.78 is 4.50. The second-order valence-corrected chi connectivity index (χ2v) is 3.53. The molecule has 0 atom stereocenters. The van der Waals surface area contributed by atoms with Crippen molar-refractivity contribution in [1.82, 2.24) is 0 Å². The van der Waals surface area contributed by atoms with Gasteiger partial charge in [0.1, 0.15) is 0 Å². The number of hydrogen-bond acceptors (Lipinski definition) is 1. The fourth-order valence-corrected chi connectivity index (χ4v) is 0. The third-order valence-corrected chi connectivity index (χ3v) is 1.26. The standard InChI is InChI=1S/C6H14.C2H4O/c1-5-6(2,3)4;1-2-3-1/h5H2,1-4H3;1-2H2. The first kappa shape index (κ1) is 8.96. The fourth-order valence-electron chi connectivity index (χ4n) is 0. The van der Waals surface area contributed by atoms with Gasteiger partial charge in [-0.15, -0.1) is 0 Å².